The Balaban J connectivity index is 2.81. The summed E-state index contributed by atoms with van der Waals surface area (Å²) in [7, 11) is 0. The summed E-state index contributed by atoms with van der Waals surface area (Å²) in [6.45, 7) is 10.7. The third-order valence-corrected chi connectivity index (χ3v) is 3.50. The summed E-state index contributed by atoms with van der Waals surface area (Å²) >= 11 is 1.14. The summed E-state index contributed by atoms with van der Waals surface area (Å²) in [5.41, 5.74) is 6.27. The molecule has 0 saturated heterocycles. The number of aromatic nitrogens is 2. The lowest BCUT2D eigenvalue weighted by Crippen LogP contribution is -2.41. The topological polar surface area (TPSA) is 80.9 Å². The zero-order valence-electron chi connectivity index (χ0n) is 12.4. The maximum absolute atomic E-state index is 12.3. The summed E-state index contributed by atoms with van der Waals surface area (Å²) in [6, 6.07) is 0.00224. The molecule has 1 aromatic rings. The quantitative estimate of drug-likeness (QED) is 0.866. The molecule has 108 valence electrons. The highest BCUT2D eigenvalue weighted by Gasteiger charge is 2.27. The maximum Gasteiger partial charge on any atom is 0.265 e. The highest BCUT2D eigenvalue weighted by atomic mass is 32.1. The summed E-state index contributed by atoms with van der Waals surface area (Å²) in [4.78, 5) is 12.9. The Labute approximate surface area is 119 Å². The van der Waals surface area contributed by atoms with Gasteiger partial charge in [0.15, 0.2) is 0 Å². The number of hydrogen-bond donors (Lipinski definition) is 2. The molecule has 5 nitrogen and oxygen atoms in total. The third kappa shape index (κ3) is 4.54. The van der Waals surface area contributed by atoms with Crippen LogP contribution in [0.15, 0.2) is 0 Å². The van der Waals surface area contributed by atoms with Gasteiger partial charge in [-0.2, -0.15) is 0 Å². The summed E-state index contributed by atoms with van der Waals surface area (Å²) in [5.74, 6) is 0.381. The first kappa shape index (κ1) is 16.0. The molecule has 1 heterocycles. The van der Waals surface area contributed by atoms with Crippen LogP contribution >= 0.6 is 11.5 Å². The van der Waals surface area contributed by atoms with E-state index in [4.69, 9.17) is 5.73 Å². The molecule has 0 aliphatic rings. The van der Waals surface area contributed by atoms with E-state index in [0.29, 0.717) is 17.3 Å². The molecule has 1 atom stereocenters. The van der Waals surface area contributed by atoms with Crippen LogP contribution in [-0.4, -0.2) is 28.1 Å². The van der Waals surface area contributed by atoms with E-state index < -0.39 is 0 Å². The van der Waals surface area contributed by atoms with E-state index >= 15 is 0 Å². The molecule has 1 aromatic heterocycles. The second kappa shape index (κ2) is 6.43. The highest BCUT2D eigenvalue weighted by molar-refractivity contribution is 7.08. The number of rotatable bonds is 5. The Kier molecular flexibility index (Phi) is 5.43. The van der Waals surface area contributed by atoms with Crippen molar-refractivity contribution in [2.24, 2.45) is 11.7 Å². The van der Waals surface area contributed by atoms with Crippen molar-refractivity contribution in [1.82, 2.24) is 14.9 Å². The molecule has 0 aromatic carbocycles. The van der Waals surface area contributed by atoms with Crippen molar-refractivity contribution < 1.29 is 4.79 Å². The van der Waals surface area contributed by atoms with Crippen LogP contribution in [0.1, 0.15) is 56.4 Å². The Hall–Kier alpha value is -1.01. The van der Waals surface area contributed by atoms with Crippen LogP contribution in [0.3, 0.4) is 0 Å². The zero-order valence-corrected chi connectivity index (χ0v) is 13.2. The van der Waals surface area contributed by atoms with E-state index in [1.807, 2.05) is 20.8 Å². The van der Waals surface area contributed by atoms with Gasteiger partial charge >= 0.3 is 0 Å². The second-order valence-electron chi connectivity index (χ2n) is 6.24. The van der Waals surface area contributed by atoms with Gasteiger partial charge in [-0.05, 0) is 23.9 Å². The lowest BCUT2D eigenvalue weighted by Gasteiger charge is -2.20. The summed E-state index contributed by atoms with van der Waals surface area (Å²) in [6.07, 6.45) is 0.874. The minimum absolute atomic E-state index is 0.00224. The fourth-order valence-electron chi connectivity index (χ4n) is 1.86. The first-order chi connectivity index (χ1) is 8.75. The molecule has 0 bridgehead atoms. The molecular weight excluding hydrogens is 260 g/mol. The largest absolute Gasteiger partial charge is 0.347 e. The van der Waals surface area contributed by atoms with E-state index in [1.54, 1.807) is 0 Å². The molecule has 0 aliphatic carbocycles. The van der Waals surface area contributed by atoms with Crippen LogP contribution in [0.5, 0.6) is 0 Å². The van der Waals surface area contributed by atoms with E-state index in [9.17, 15) is 4.79 Å². The highest BCUT2D eigenvalue weighted by Crippen LogP contribution is 2.25. The fourth-order valence-corrected chi connectivity index (χ4v) is 2.64. The van der Waals surface area contributed by atoms with Crippen LogP contribution in [-0.2, 0) is 5.41 Å². The van der Waals surface area contributed by atoms with Crippen LogP contribution in [0.4, 0.5) is 0 Å². The molecule has 0 spiro atoms. The first-order valence-corrected chi connectivity index (χ1v) is 7.36. The molecule has 1 unspecified atom stereocenters. The number of carbonyl (C=O) groups excluding carboxylic acids is 1. The van der Waals surface area contributed by atoms with E-state index in [0.717, 1.165) is 23.6 Å². The van der Waals surface area contributed by atoms with Gasteiger partial charge in [0.05, 0.1) is 5.69 Å². The van der Waals surface area contributed by atoms with Crippen LogP contribution in [0, 0.1) is 5.92 Å². The van der Waals surface area contributed by atoms with Gasteiger partial charge in [0.1, 0.15) is 4.88 Å². The average molecular weight is 284 g/mol. The van der Waals surface area contributed by atoms with Crippen molar-refractivity contribution in [1.29, 1.82) is 0 Å². The van der Waals surface area contributed by atoms with Crippen molar-refractivity contribution in [3.8, 4) is 0 Å². The Bertz CT molecular complexity index is 423. The van der Waals surface area contributed by atoms with E-state index in [1.165, 1.54) is 0 Å². The third-order valence-electron chi connectivity index (χ3n) is 2.78. The van der Waals surface area contributed by atoms with Gasteiger partial charge in [0, 0.05) is 18.0 Å². The van der Waals surface area contributed by atoms with Crippen molar-refractivity contribution in [2.75, 3.05) is 6.54 Å². The predicted octanol–water partition coefficient (Wildman–Crippen LogP) is 1.94. The molecular formula is C13H24N4OS. The summed E-state index contributed by atoms with van der Waals surface area (Å²) < 4.78 is 3.90. The lowest BCUT2D eigenvalue weighted by atomic mass is 9.91. The van der Waals surface area contributed by atoms with Gasteiger partial charge in [-0.3, -0.25) is 4.79 Å². The van der Waals surface area contributed by atoms with Gasteiger partial charge in [0.25, 0.3) is 5.91 Å². The van der Waals surface area contributed by atoms with E-state index in [-0.39, 0.29) is 17.4 Å². The molecule has 1 rings (SSSR count). The first-order valence-electron chi connectivity index (χ1n) is 6.59. The molecule has 3 N–H and O–H groups in total. The number of hydrogen-bond acceptors (Lipinski definition) is 5. The van der Waals surface area contributed by atoms with Crippen LogP contribution < -0.4 is 11.1 Å². The molecule has 19 heavy (non-hydrogen) atoms. The van der Waals surface area contributed by atoms with Crippen LogP contribution in [0.2, 0.25) is 0 Å². The zero-order chi connectivity index (χ0) is 14.6. The minimum Gasteiger partial charge on any atom is -0.347 e. The number of nitrogens with two attached hydrogens (primary N) is 1. The van der Waals surface area contributed by atoms with Crippen molar-refractivity contribution in [3.63, 3.8) is 0 Å². The van der Waals surface area contributed by atoms with Crippen molar-refractivity contribution in [3.05, 3.63) is 10.6 Å². The number of nitrogens with zero attached hydrogens (tertiary/aromatic N) is 2. The predicted molar refractivity (Wildman–Crippen MR) is 78.4 cm³/mol. The van der Waals surface area contributed by atoms with Gasteiger partial charge in [0.2, 0.25) is 0 Å². The average Bonchev–Trinajstić information content (AvgIpc) is 2.75. The molecule has 0 saturated carbocycles. The minimum atomic E-state index is -0.185. The van der Waals surface area contributed by atoms with Crippen LogP contribution in [0.25, 0.3) is 0 Å². The second-order valence-corrected chi connectivity index (χ2v) is 6.99. The van der Waals surface area contributed by atoms with E-state index in [2.05, 4.69) is 28.8 Å². The van der Waals surface area contributed by atoms with Crippen molar-refractivity contribution in [2.45, 2.75) is 52.5 Å². The SMILES string of the molecule is CC(C)CC(CN)NC(=O)c1snnc1C(C)(C)C. The molecule has 0 fully saturated rings. The molecule has 0 aliphatic heterocycles. The fraction of sp³-hybridized carbons (Fsp3) is 0.769. The van der Waals surface area contributed by atoms with Gasteiger partial charge in [-0.15, -0.1) is 5.10 Å². The lowest BCUT2D eigenvalue weighted by molar-refractivity contribution is 0.0935. The number of carbonyl (C=O) groups is 1. The Morgan fingerprint density at radius 2 is 2.05 bits per heavy atom. The maximum atomic E-state index is 12.3. The summed E-state index contributed by atoms with van der Waals surface area (Å²) in [5, 5.41) is 7.06. The Morgan fingerprint density at radius 3 is 2.53 bits per heavy atom. The van der Waals surface area contributed by atoms with Gasteiger partial charge in [-0.1, -0.05) is 39.1 Å². The molecule has 1 amide bonds. The number of nitrogens with one attached hydrogen (secondary N) is 1. The van der Waals surface area contributed by atoms with Gasteiger partial charge in [-0.25, -0.2) is 0 Å². The number of amides is 1. The standard InChI is InChI=1S/C13H24N4OS/c1-8(2)6-9(7-14)15-12(18)10-11(13(3,4)5)16-17-19-10/h8-9H,6-7,14H2,1-5H3,(H,15,18). The van der Waals surface area contributed by atoms with Crippen molar-refractivity contribution >= 4 is 17.4 Å². The molecule has 6 heteroatoms. The normalized spacial score (nSPS) is 13.6. The van der Waals surface area contributed by atoms with Gasteiger partial charge < -0.3 is 11.1 Å². The smallest absolute Gasteiger partial charge is 0.265 e. The Morgan fingerprint density at radius 1 is 1.42 bits per heavy atom. The molecule has 0 radical (unpaired) electrons. The monoisotopic (exact) mass is 284 g/mol.